The molecule has 5 aromatic rings. The van der Waals surface area contributed by atoms with E-state index in [4.69, 9.17) is 4.74 Å². The highest BCUT2D eigenvalue weighted by atomic mass is 32.2. The van der Waals surface area contributed by atoms with Gasteiger partial charge in [0.05, 0.1) is 7.11 Å². The van der Waals surface area contributed by atoms with Gasteiger partial charge in [0.25, 0.3) is 11.8 Å². The zero-order valence-corrected chi connectivity index (χ0v) is 27.6. The SMILES string of the molecule is COc1ccc(/C=C(\NC(=O)c2ccccc2)C(=O)Nc2ccc(SC(C(=O)Nc3ccc(NC(C)=O)cc3)c3ccccc3)cc2)cc1. The summed E-state index contributed by atoms with van der Waals surface area (Å²) < 4.78 is 5.23. The highest BCUT2D eigenvalue weighted by molar-refractivity contribution is 8.00. The third kappa shape index (κ3) is 9.93. The number of methoxy groups -OCH3 is 1. The number of hydrogen-bond donors (Lipinski definition) is 4. The first-order chi connectivity index (χ1) is 23.8. The number of carbonyl (C=O) groups excluding carboxylic acids is 4. The zero-order valence-electron chi connectivity index (χ0n) is 26.8. The highest BCUT2D eigenvalue weighted by Gasteiger charge is 2.23. The Balaban J connectivity index is 1.31. The summed E-state index contributed by atoms with van der Waals surface area (Å²) in [5.41, 5.74) is 3.72. The standard InChI is InChI=1S/C39H34N4O5S/c1-26(44)40-30-15-17-31(18-16-30)42-39(47)36(28-9-5-3-6-10-28)49-34-23-19-32(20-24-34)41-38(46)35(25-27-13-21-33(48-2)22-14-27)43-37(45)29-11-7-4-8-12-29/h3-25,36H,1-2H3,(H,40,44)(H,41,46)(H,42,47)(H,43,45)/b35-25-. The Bertz CT molecular complexity index is 1930. The summed E-state index contributed by atoms with van der Waals surface area (Å²) in [5, 5.41) is 10.7. The van der Waals surface area contributed by atoms with Crippen molar-refractivity contribution in [1.29, 1.82) is 0 Å². The molecule has 4 N–H and O–H groups in total. The molecule has 0 aliphatic carbocycles. The Morgan fingerprint density at radius 2 is 1.20 bits per heavy atom. The fraction of sp³-hybridized carbons (Fsp3) is 0.0769. The zero-order chi connectivity index (χ0) is 34.6. The lowest BCUT2D eigenvalue weighted by atomic mass is 10.1. The number of thioether (sulfide) groups is 1. The van der Waals surface area contributed by atoms with Crippen LogP contribution in [0, 0.1) is 0 Å². The minimum absolute atomic E-state index is 0.0587. The summed E-state index contributed by atoms with van der Waals surface area (Å²) in [6.07, 6.45) is 1.59. The van der Waals surface area contributed by atoms with Crippen LogP contribution in [-0.4, -0.2) is 30.7 Å². The summed E-state index contributed by atoms with van der Waals surface area (Å²) in [5.74, 6) is -0.659. The van der Waals surface area contributed by atoms with Gasteiger partial charge >= 0.3 is 0 Å². The van der Waals surface area contributed by atoms with Gasteiger partial charge in [-0.15, -0.1) is 11.8 Å². The molecule has 0 aliphatic heterocycles. The molecule has 5 rings (SSSR count). The number of carbonyl (C=O) groups is 4. The van der Waals surface area contributed by atoms with Crippen LogP contribution < -0.4 is 26.0 Å². The maximum Gasteiger partial charge on any atom is 0.272 e. The lowest BCUT2D eigenvalue weighted by Gasteiger charge is -2.18. The van der Waals surface area contributed by atoms with Gasteiger partial charge in [-0.1, -0.05) is 60.7 Å². The first-order valence-electron chi connectivity index (χ1n) is 15.3. The van der Waals surface area contributed by atoms with Gasteiger partial charge in [0.2, 0.25) is 11.8 Å². The van der Waals surface area contributed by atoms with Gasteiger partial charge in [-0.25, -0.2) is 0 Å². The van der Waals surface area contributed by atoms with Gasteiger partial charge in [-0.3, -0.25) is 19.2 Å². The average molecular weight is 671 g/mol. The molecule has 0 fully saturated rings. The van der Waals surface area contributed by atoms with Gasteiger partial charge in [0.1, 0.15) is 16.7 Å². The van der Waals surface area contributed by atoms with Gasteiger partial charge in [0.15, 0.2) is 0 Å². The topological polar surface area (TPSA) is 126 Å². The first kappa shape index (κ1) is 34.2. The molecule has 10 heteroatoms. The number of anilines is 3. The number of benzene rings is 5. The van der Waals surface area contributed by atoms with Crippen molar-refractivity contribution in [2.24, 2.45) is 0 Å². The Morgan fingerprint density at radius 1 is 0.653 bits per heavy atom. The van der Waals surface area contributed by atoms with E-state index in [2.05, 4.69) is 21.3 Å². The van der Waals surface area contributed by atoms with Crippen LogP contribution in [0.4, 0.5) is 17.1 Å². The van der Waals surface area contributed by atoms with Crippen molar-refractivity contribution in [2.75, 3.05) is 23.1 Å². The molecule has 9 nitrogen and oxygen atoms in total. The van der Waals surface area contributed by atoms with Crippen molar-refractivity contribution >= 4 is 58.5 Å². The largest absolute Gasteiger partial charge is 0.497 e. The second kappa shape index (κ2) is 16.6. The number of hydrogen-bond acceptors (Lipinski definition) is 6. The number of ether oxygens (including phenoxy) is 1. The molecular formula is C39H34N4O5S. The highest BCUT2D eigenvalue weighted by Crippen LogP contribution is 2.37. The van der Waals surface area contributed by atoms with E-state index in [1.165, 1.54) is 18.7 Å². The van der Waals surface area contributed by atoms with Gasteiger partial charge < -0.3 is 26.0 Å². The van der Waals surface area contributed by atoms with Crippen LogP contribution in [0.3, 0.4) is 0 Å². The Kier molecular flexibility index (Phi) is 11.6. The van der Waals surface area contributed by atoms with Crippen molar-refractivity contribution in [3.63, 3.8) is 0 Å². The van der Waals surface area contributed by atoms with E-state index >= 15 is 0 Å². The lowest BCUT2D eigenvalue weighted by molar-refractivity contribution is -0.116. The third-order valence-corrected chi connectivity index (χ3v) is 8.40. The normalized spacial score (nSPS) is 11.5. The molecule has 49 heavy (non-hydrogen) atoms. The van der Waals surface area contributed by atoms with Crippen LogP contribution in [-0.2, 0) is 14.4 Å². The third-order valence-electron chi connectivity index (χ3n) is 7.13. The van der Waals surface area contributed by atoms with Crippen molar-refractivity contribution in [2.45, 2.75) is 17.1 Å². The minimum atomic E-state index is -0.580. The molecule has 246 valence electrons. The summed E-state index contributed by atoms with van der Waals surface area (Å²) >= 11 is 1.37. The van der Waals surface area contributed by atoms with Crippen molar-refractivity contribution in [1.82, 2.24) is 5.32 Å². The van der Waals surface area contributed by atoms with E-state index in [1.54, 1.807) is 98.1 Å². The number of nitrogens with one attached hydrogen (secondary N) is 4. The maximum absolute atomic E-state index is 13.5. The molecule has 0 heterocycles. The first-order valence-corrected chi connectivity index (χ1v) is 16.2. The second-order valence-electron chi connectivity index (χ2n) is 10.8. The number of amides is 4. The predicted molar refractivity (Wildman–Crippen MR) is 194 cm³/mol. The second-order valence-corrected chi connectivity index (χ2v) is 12.0. The van der Waals surface area contributed by atoms with E-state index < -0.39 is 17.1 Å². The Hall–Kier alpha value is -6.13. The van der Waals surface area contributed by atoms with E-state index in [-0.39, 0.29) is 17.5 Å². The van der Waals surface area contributed by atoms with Gasteiger partial charge in [-0.2, -0.15) is 0 Å². The molecule has 1 unspecified atom stereocenters. The number of rotatable bonds is 12. The van der Waals surface area contributed by atoms with Gasteiger partial charge in [0, 0.05) is 34.4 Å². The molecule has 0 spiro atoms. The van der Waals surface area contributed by atoms with Crippen LogP contribution in [0.1, 0.15) is 33.7 Å². The molecule has 0 bridgehead atoms. The van der Waals surface area contributed by atoms with Crippen molar-refractivity contribution in [3.8, 4) is 5.75 Å². The van der Waals surface area contributed by atoms with Crippen LogP contribution >= 0.6 is 11.8 Å². The van der Waals surface area contributed by atoms with Gasteiger partial charge in [-0.05, 0) is 90.0 Å². The van der Waals surface area contributed by atoms with Crippen LogP contribution in [0.25, 0.3) is 6.08 Å². The van der Waals surface area contributed by atoms with E-state index in [9.17, 15) is 19.2 Å². The molecule has 0 aliphatic rings. The Morgan fingerprint density at radius 3 is 1.80 bits per heavy atom. The van der Waals surface area contributed by atoms with Crippen LogP contribution in [0.15, 0.2) is 144 Å². The minimum Gasteiger partial charge on any atom is -0.497 e. The quantitative estimate of drug-likeness (QED) is 0.0803. The van der Waals surface area contributed by atoms with Crippen LogP contribution in [0.5, 0.6) is 5.75 Å². The summed E-state index contributed by atoms with van der Waals surface area (Å²) in [6.45, 7) is 1.43. The molecule has 0 aromatic heterocycles. The fourth-order valence-corrected chi connectivity index (χ4v) is 5.73. The molecule has 5 aromatic carbocycles. The van der Waals surface area contributed by atoms with E-state index in [0.29, 0.717) is 33.9 Å². The molecule has 1 atom stereocenters. The fourth-order valence-electron chi connectivity index (χ4n) is 4.71. The average Bonchev–Trinajstić information content (AvgIpc) is 3.12. The maximum atomic E-state index is 13.5. The summed E-state index contributed by atoms with van der Waals surface area (Å²) in [7, 11) is 1.57. The summed E-state index contributed by atoms with van der Waals surface area (Å²) in [6, 6.07) is 39.2. The smallest absolute Gasteiger partial charge is 0.272 e. The van der Waals surface area contributed by atoms with Crippen LogP contribution in [0.2, 0.25) is 0 Å². The molecular weight excluding hydrogens is 637 g/mol. The lowest BCUT2D eigenvalue weighted by Crippen LogP contribution is -2.30. The van der Waals surface area contributed by atoms with Crippen molar-refractivity contribution < 1.29 is 23.9 Å². The summed E-state index contributed by atoms with van der Waals surface area (Å²) in [4.78, 5) is 52.2. The Labute approximate surface area is 288 Å². The molecule has 4 amide bonds. The molecule has 0 saturated carbocycles. The predicted octanol–water partition coefficient (Wildman–Crippen LogP) is 7.54. The van der Waals surface area contributed by atoms with E-state index in [0.717, 1.165) is 10.5 Å². The van der Waals surface area contributed by atoms with E-state index in [1.807, 2.05) is 48.5 Å². The molecule has 0 radical (unpaired) electrons. The monoisotopic (exact) mass is 670 g/mol. The van der Waals surface area contributed by atoms with Crippen molar-refractivity contribution in [3.05, 3.63) is 156 Å². The molecule has 0 saturated heterocycles.